The lowest BCUT2D eigenvalue weighted by Gasteiger charge is -2.35. The highest BCUT2D eigenvalue weighted by Crippen LogP contribution is 2.29. The molecule has 0 unspecified atom stereocenters. The Morgan fingerprint density at radius 1 is 1.19 bits per heavy atom. The quantitative estimate of drug-likeness (QED) is 0.427. The van der Waals surface area contributed by atoms with Crippen LogP contribution in [0.25, 0.3) is 11.0 Å². The van der Waals surface area contributed by atoms with Crippen LogP contribution in [0.1, 0.15) is 43.5 Å². The maximum absolute atomic E-state index is 12.3. The standard InChI is InChI=1S/C19H23N3O3S/c1-11-6-5-8-15(12(11)2)20-19(26)22-21-17(23)14-10-13-7-3-4-9-16(13)25-18(14)24/h3-4,7,9-12,15H,5-6,8H2,1-2H3,(H,21,23)(H2,20,22,26)/t11-,12-,15+/m1/s1. The van der Waals surface area contributed by atoms with Gasteiger partial charge in [-0.1, -0.05) is 44.9 Å². The minimum Gasteiger partial charge on any atom is -0.422 e. The minimum atomic E-state index is -0.684. The first kappa shape index (κ1) is 18.4. The Kier molecular flexibility index (Phi) is 5.56. The van der Waals surface area contributed by atoms with Crippen LogP contribution in [0.3, 0.4) is 0 Å². The highest BCUT2D eigenvalue weighted by molar-refractivity contribution is 7.80. The van der Waals surface area contributed by atoms with Crippen LogP contribution >= 0.6 is 12.2 Å². The maximum atomic E-state index is 12.3. The number of thiocarbonyl (C=S) groups is 1. The highest BCUT2D eigenvalue weighted by Gasteiger charge is 2.27. The van der Waals surface area contributed by atoms with E-state index in [0.29, 0.717) is 27.9 Å². The number of rotatable bonds is 2. The van der Waals surface area contributed by atoms with Gasteiger partial charge in [-0.15, -0.1) is 0 Å². The number of amides is 1. The van der Waals surface area contributed by atoms with Crippen LogP contribution in [0.4, 0.5) is 0 Å². The molecule has 3 N–H and O–H groups in total. The van der Waals surface area contributed by atoms with E-state index in [-0.39, 0.29) is 11.6 Å². The van der Waals surface area contributed by atoms with E-state index in [2.05, 4.69) is 30.0 Å². The molecular weight excluding hydrogens is 350 g/mol. The van der Waals surface area contributed by atoms with Gasteiger partial charge >= 0.3 is 5.63 Å². The monoisotopic (exact) mass is 373 g/mol. The van der Waals surface area contributed by atoms with Crippen molar-refractivity contribution in [1.29, 1.82) is 0 Å². The van der Waals surface area contributed by atoms with E-state index in [1.807, 2.05) is 6.07 Å². The summed E-state index contributed by atoms with van der Waals surface area (Å²) in [6, 6.07) is 8.83. The SMILES string of the molecule is C[C@@H]1[C@H](C)CCC[C@@H]1NC(=S)NNC(=O)c1cc2ccccc2oc1=O. The van der Waals surface area contributed by atoms with Crippen LogP contribution in [0.15, 0.2) is 39.5 Å². The molecule has 1 aliphatic rings. The first-order valence-corrected chi connectivity index (χ1v) is 9.26. The van der Waals surface area contributed by atoms with E-state index in [1.54, 1.807) is 18.2 Å². The van der Waals surface area contributed by atoms with E-state index in [4.69, 9.17) is 16.6 Å². The molecule has 7 heteroatoms. The molecule has 1 fully saturated rings. The van der Waals surface area contributed by atoms with E-state index in [1.165, 1.54) is 12.5 Å². The van der Waals surface area contributed by atoms with Gasteiger partial charge in [-0.2, -0.15) is 0 Å². The third-order valence-electron chi connectivity index (χ3n) is 5.20. The van der Waals surface area contributed by atoms with Crippen molar-refractivity contribution >= 4 is 34.2 Å². The summed E-state index contributed by atoms with van der Waals surface area (Å²) in [6.45, 7) is 4.46. The molecule has 3 atom stereocenters. The van der Waals surface area contributed by atoms with Crippen LogP contribution in [0.5, 0.6) is 0 Å². The molecule has 1 heterocycles. The molecule has 1 saturated carbocycles. The Balaban J connectivity index is 1.61. The molecule has 1 aromatic carbocycles. The molecule has 6 nitrogen and oxygen atoms in total. The Bertz CT molecular complexity index is 880. The van der Waals surface area contributed by atoms with Crippen LogP contribution in [0.2, 0.25) is 0 Å². The molecular formula is C19H23N3O3S. The number of para-hydroxylation sites is 1. The van der Waals surface area contributed by atoms with E-state index < -0.39 is 11.5 Å². The molecule has 1 aliphatic carbocycles. The molecule has 138 valence electrons. The molecule has 0 spiro atoms. The second-order valence-electron chi connectivity index (χ2n) is 6.91. The number of hydrogen-bond acceptors (Lipinski definition) is 4. The normalized spacial score (nSPS) is 22.6. The van der Waals surface area contributed by atoms with Crippen LogP contribution in [-0.2, 0) is 0 Å². The molecule has 2 aromatic rings. The summed E-state index contributed by atoms with van der Waals surface area (Å²) < 4.78 is 5.18. The van der Waals surface area contributed by atoms with Gasteiger partial charge in [0.15, 0.2) is 5.11 Å². The Labute approximate surface area is 157 Å². The average Bonchev–Trinajstić information content (AvgIpc) is 2.63. The zero-order valence-corrected chi connectivity index (χ0v) is 15.7. The zero-order chi connectivity index (χ0) is 18.7. The smallest absolute Gasteiger partial charge is 0.349 e. The summed E-state index contributed by atoms with van der Waals surface area (Å²) in [5.41, 5.74) is 4.84. The third kappa shape index (κ3) is 4.04. The predicted molar refractivity (Wildman–Crippen MR) is 105 cm³/mol. The minimum absolute atomic E-state index is 0.0707. The topological polar surface area (TPSA) is 83.4 Å². The lowest BCUT2D eigenvalue weighted by molar-refractivity contribution is 0.0939. The van der Waals surface area contributed by atoms with Gasteiger partial charge in [-0.05, 0) is 42.6 Å². The summed E-state index contributed by atoms with van der Waals surface area (Å²) >= 11 is 5.27. The number of nitrogens with one attached hydrogen (secondary N) is 3. The fourth-order valence-electron chi connectivity index (χ4n) is 3.39. The zero-order valence-electron chi connectivity index (χ0n) is 14.9. The van der Waals surface area contributed by atoms with Crippen molar-refractivity contribution in [2.24, 2.45) is 11.8 Å². The molecule has 3 rings (SSSR count). The van der Waals surface area contributed by atoms with Crippen molar-refractivity contribution in [3.63, 3.8) is 0 Å². The molecule has 26 heavy (non-hydrogen) atoms. The fourth-order valence-corrected chi connectivity index (χ4v) is 3.59. The number of carbonyl (C=O) groups is 1. The number of benzene rings is 1. The van der Waals surface area contributed by atoms with Crippen molar-refractivity contribution in [3.8, 4) is 0 Å². The lowest BCUT2D eigenvalue weighted by Crippen LogP contribution is -2.52. The van der Waals surface area contributed by atoms with Crippen LogP contribution in [-0.4, -0.2) is 17.1 Å². The fraction of sp³-hybridized carbons (Fsp3) is 0.421. The van der Waals surface area contributed by atoms with Crippen molar-refractivity contribution in [2.45, 2.75) is 39.2 Å². The molecule has 0 aliphatic heterocycles. The first-order chi connectivity index (χ1) is 12.5. The maximum Gasteiger partial charge on any atom is 0.349 e. The Morgan fingerprint density at radius 3 is 2.77 bits per heavy atom. The molecule has 0 saturated heterocycles. The molecule has 0 radical (unpaired) electrons. The van der Waals surface area contributed by atoms with Gasteiger partial charge in [0.05, 0.1) is 0 Å². The van der Waals surface area contributed by atoms with Crippen molar-refractivity contribution in [3.05, 3.63) is 46.3 Å². The molecule has 0 bridgehead atoms. The van der Waals surface area contributed by atoms with Crippen molar-refractivity contribution < 1.29 is 9.21 Å². The highest BCUT2D eigenvalue weighted by atomic mass is 32.1. The number of carbonyl (C=O) groups excluding carboxylic acids is 1. The molecule has 1 amide bonds. The predicted octanol–water partition coefficient (Wildman–Crippen LogP) is 2.73. The van der Waals surface area contributed by atoms with Gasteiger partial charge in [0.25, 0.3) is 5.91 Å². The average molecular weight is 373 g/mol. The van der Waals surface area contributed by atoms with Crippen molar-refractivity contribution in [2.75, 3.05) is 0 Å². The number of hydrogen-bond donors (Lipinski definition) is 3. The summed E-state index contributed by atoms with van der Waals surface area (Å²) in [7, 11) is 0. The molecule has 1 aromatic heterocycles. The summed E-state index contributed by atoms with van der Waals surface area (Å²) in [4.78, 5) is 24.3. The Morgan fingerprint density at radius 2 is 1.96 bits per heavy atom. The van der Waals surface area contributed by atoms with E-state index in [0.717, 1.165) is 12.8 Å². The second kappa shape index (κ2) is 7.86. The number of hydrazine groups is 1. The van der Waals surface area contributed by atoms with Gasteiger partial charge in [-0.25, -0.2) is 4.79 Å². The van der Waals surface area contributed by atoms with Gasteiger partial charge in [0.1, 0.15) is 11.1 Å². The van der Waals surface area contributed by atoms with Gasteiger partial charge < -0.3 is 9.73 Å². The largest absolute Gasteiger partial charge is 0.422 e. The van der Waals surface area contributed by atoms with Crippen molar-refractivity contribution in [1.82, 2.24) is 16.2 Å². The summed E-state index contributed by atoms with van der Waals surface area (Å²) in [5.74, 6) is 0.561. The summed E-state index contributed by atoms with van der Waals surface area (Å²) in [5, 5.41) is 4.28. The lowest BCUT2D eigenvalue weighted by atomic mass is 9.78. The van der Waals surface area contributed by atoms with Gasteiger partial charge in [0, 0.05) is 11.4 Å². The van der Waals surface area contributed by atoms with Crippen LogP contribution in [0, 0.1) is 11.8 Å². The summed E-state index contributed by atoms with van der Waals surface area (Å²) in [6.07, 6.45) is 3.44. The first-order valence-electron chi connectivity index (χ1n) is 8.85. The van der Waals surface area contributed by atoms with E-state index >= 15 is 0 Å². The van der Waals surface area contributed by atoms with Crippen LogP contribution < -0.4 is 21.8 Å². The van der Waals surface area contributed by atoms with Gasteiger partial charge in [-0.3, -0.25) is 15.6 Å². The third-order valence-corrected chi connectivity index (χ3v) is 5.42. The Hall–Kier alpha value is -2.41. The number of fused-ring (bicyclic) bond motifs is 1. The second-order valence-corrected chi connectivity index (χ2v) is 7.32. The van der Waals surface area contributed by atoms with E-state index in [9.17, 15) is 9.59 Å². The van der Waals surface area contributed by atoms with Gasteiger partial charge in [0.2, 0.25) is 0 Å².